The molecule has 0 unspecified atom stereocenters. The van der Waals surface area contributed by atoms with Gasteiger partial charge in [0.15, 0.2) is 0 Å². The standard InChI is InChI=1S/C16H15BrN2OS/c1-19(8-11-6-15(17)21-10-11)16-14-5-3-2-4-12(14)7-13(9-20)18-16/h2-7,10,20H,8-9H2,1H3. The lowest BCUT2D eigenvalue weighted by Crippen LogP contribution is -2.18. The molecule has 3 aromatic rings. The first-order chi connectivity index (χ1) is 10.2. The van der Waals surface area contributed by atoms with Gasteiger partial charge >= 0.3 is 0 Å². The van der Waals surface area contributed by atoms with Crippen molar-refractivity contribution in [1.29, 1.82) is 0 Å². The summed E-state index contributed by atoms with van der Waals surface area (Å²) in [7, 11) is 2.03. The molecular formula is C16H15BrN2OS. The van der Waals surface area contributed by atoms with Crippen molar-refractivity contribution in [3.8, 4) is 0 Å². The van der Waals surface area contributed by atoms with E-state index in [0.29, 0.717) is 5.69 Å². The lowest BCUT2D eigenvalue weighted by Gasteiger charge is -2.20. The first-order valence-corrected chi connectivity index (χ1v) is 8.28. The van der Waals surface area contributed by atoms with Crippen molar-refractivity contribution in [2.75, 3.05) is 11.9 Å². The van der Waals surface area contributed by atoms with Gasteiger partial charge in [-0.2, -0.15) is 0 Å². The van der Waals surface area contributed by atoms with Crippen molar-refractivity contribution in [2.24, 2.45) is 0 Å². The summed E-state index contributed by atoms with van der Waals surface area (Å²) < 4.78 is 1.13. The van der Waals surface area contributed by atoms with Crippen LogP contribution < -0.4 is 4.90 Å². The van der Waals surface area contributed by atoms with E-state index in [-0.39, 0.29) is 6.61 Å². The Bertz CT molecular complexity index is 772. The summed E-state index contributed by atoms with van der Waals surface area (Å²) in [5.74, 6) is 0.902. The molecule has 108 valence electrons. The highest BCUT2D eigenvalue weighted by atomic mass is 79.9. The number of thiophene rings is 1. The molecule has 2 aromatic heterocycles. The third kappa shape index (κ3) is 3.10. The highest BCUT2D eigenvalue weighted by Gasteiger charge is 2.11. The molecule has 0 aliphatic rings. The first-order valence-electron chi connectivity index (χ1n) is 6.61. The number of aliphatic hydroxyl groups is 1. The number of halogens is 1. The summed E-state index contributed by atoms with van der Waals surface area (Å²) in [6.45, 7) is 0.740. The van der Waals surface area contributed by atoms with Crippen LogP contribution in [-0.4, -0.2) is 17.1 Å². The van der Waals surface area contributed by atoms with E-state index < -0.39 is 0 Å². The summed E-state index contributed by atoms with van der Waals surface area (Å²) >= 11 is 5.17. The topological polar surface area (TPSA) is 36.4 Å². The number of nitrogens with zero attached hydrogens (tertiary/aromatic N) is 2. The SMILES string of the molecule is CN(Cc1csc(Br)c1)c1nc(CO)cc2ccccc12. The van der Waals surface area contributed by atoms with E-state index in [9.17, 15) is 5.11 Å². The summed E-state index contributed by atoms with van der Waals surface area (Å²) in [5.41, 5.74) is 1.94. The van der Waals surface area contributed by atoms with Crippen molar-refractivity contribution in [1.82, 2.24) is 4.98 Å². The molecule has 5 heteroatoms. The minimum absolute atomic E-state index is 0.0460. The van der Waals surface area contributed by atoms with Gasteiger partial charge in [0.1, 0.15) is 5.82 Å². The average Bonchev–Trinajstić information content (AvgIpc) is 2.91. The van der Waals surface area contributed by atoms with Crippen molar-refractivity contribution < 1.29 is 5.11 Å². The molecule has 0 radical (unpaired) electrons. The maximum absolute atomic E-state index is 9.41. The predicted molar refractivity (Wildman–Crippen MR) is 91.8 cm³/mol. The summed E-state index contributed by atoms with van der Waals surface area (Å²) in [5, 5.41) is 13.8. The van der Waals surface area contributed by atoms with Crippen molar-refractivity contribution in [2.45, 2.75) is 13.2 Å². The van der Waals surface area contributed by atoms with E-state index in [1.54, 1.807) is 11.3 Å². The Morgan fingerprint density at radius 2 is 2.10 bits per heavy atom. The highest BCUT2D eigenvalue weighted by molar-refractivity contribution is 9.11. The third-order valence-corrected chi connectivity index (χ3v) is 4.89. The molecule has 0 bridgehead atoms. The normalized spacial score (nSPS) is 11.0. The molecule has 21 heavy (non-hydrogen) atoms. The number of benzene rings is 1. The Morgan fingerprint density at radius 3 is 2.81 bits per heavy atom. The number of rotatable bonds is 4. The smallest absolute Gasteiger partial charge is 0.136 e. The maximum Gasteiger partial charge on any atom is 0.136 e. The molecule has 0 amide bonds. The third-order valence-electron chi connectivity index (χ3n) is 3.34. The van der Waals surface area contributed by atoms with E-state index in [0.717, 1.165) is 26.9 Å². The number of fused-ring (bicyclic) bond motifs is 1. The van der Waals surface area contributed by atoms with Crippen LogP contribution in [0.3, 0.4) is 0 Å². The lowest BCUT2D eigenvalue weighted by atomic mass is 10.1. The molecule has 0 aliphatic carbocycles. The lowest BCUT2D eigenvalue weighted by molar-refractivity contribution is 0.277. The molecule has 0 aliphatic heterocycles. The molecule has 1 N–H and O–H groups in total. The Balaban J connectivity index is 2.01. The van der Waals surface area contributed by atoms with E-state index >= 15 is 0 Å². The number of hydrogen-bond donors (Lipinski definition) is 1. The largest absolute Gasteiger partial charge is 0.390 e. The van der Waals surface area contributed by atoms with Crippen LogP contribution in [0, 0.1) is 0 Å². The van der Waals surface area contributed by atoms with Crippen molar-refractivity contribution in [3.05, 3.63) is 56.8 Å². The summed E-state index contributed by atoms with van der Waals surface area (Å²) in [6.07, 6.45) is 0. The van der Waals surface area contributed by atoms with E-state index in [1.807, 2.05) is 25.2 Å². The zero-order valence-corrected chi connectivity index (χ0v) is 14.0. The summed E-state index contributed by atoms with van der Waals surface area (Å²) in [6, 6.07) is 12.2. The number of hydrogen-bond acceptors (Lipinski definition) is 4. The molecule has 3 rings (SSSR count). The molecule has 0 fully saturated rings. The summed E-state index contributed by atoms with van der Waals surface area (Å²) in [4.78, 5) is 6.71. The second-order valence-corrected chi connectivity index (χ2v) is 7.22. The number of anilines is 1. The molecular weight excluding hydrogens is 348 g/mol. The molecule has 0 spiro atoms. The zero-order chi connectivity index (χ0) is 14.8. The number of aromatic nitrogens is 1. The maximum atomic E-state index is 9.41. The highest BCUT2D eigenvalue weighted by Crippen LogP contribution is 2.28. The van der Waals surface area contributed by atoms with Crippen LogP contribution in [0.2, 0.25) is 0 Å². The van der Waals surface area contributed by atoms with Gasteiger partial charge in [0.25, 0.3) is 0 Å². The Hall–Kier alpha value is -1.43. The second-order valence-electron chi connectivity index (χ2n) is 4.93. The van der Waals surface area contributed by atoms with Gasteiger partial charge in [-0.05, 0) is 44.4 Å². The van der Waals surface area contributed by atoms with Crippen molar-refractivity contribution in [3.63, 3.8) is 0 Å². The van der Waals surface area contributed by atoms with Gasteiger partial charge in [-0.1, -0.05) is 24.3 Å². The van der Waals surface area contributed by atoms with Crippen LogP contribution in [0.1, 0.15) is 11.3 Å². The quantitative estimate of drug-likeness (QED) is 0.755. The fourth-order valence-electron chi connectivity index (χ4n) is 2.38. The van der Waals surface area contributed by atoms with Crippen LogP contribution in [-0.2, 0) is 13.2 Å². The van der Waals surface area contributed by atoms with E-state index in [1.165, 1.54) is 5.56 Å². The first kappa shape index (κ1) is 14.5. The van der Waals surface area contributed by atoms with Gasteiger partial charge in [-0.15, -0.1) is 11.3 Å². The number of pyridine rings is 1. The Kier molecular flexibility index (Phi) is 4.24. The Labute approximate surface area is 136 Å². The van der Waals surface area contributed by atoms with Crippen LogP contribution in [0.15, 0.2) is 45.6 Å². The van der Waals surface area contributed by atoms with E-state index in [2.05, 4.69) is 49.4 Å². The molecule has 2 heterocycles. The van der Waals surface area contributed by atoms with E-state index in [4.69, 9.17) is 0 Å². The average molecular weight is 363 g/mol. The molecule has 1 aromatic carbocycles. The van der Waals surface area contributed by atoms with Crippen LogP contribution in [0.25, 0.3) is 10.8 Å². The van der Waals surface area contributed by atoms with Gasteiger partial charge < -0.3 is 10.0 Å². The molecule has 3 nitrogen and oxygen atoms in total. The minimum atomic E-state index is -0.0460. The number of aliphatic hydroxyl groups excluding tert-OH is 1. The Morgan fingerprint density at radius 1 is 1.29 bits per heavy atom. The van der Waals surface area contributed by atoms with Gasteiger partial charge in [0.05, 0.1) is 16.1 Å². The molecule has 0 saturated carbocycles. The zero-order valence-electron chi connectivity index (χ0n) is 11.6. The fourth-order valence-corrected chi connectivity index (χ4v) is 3.58. The predicted octanol–water partition coefficient (Wildman–Crippen LogP) is 4.19. The van der Waals surface area contributed by atoms with Crippen molar-refractivity contribution >= 4 is 43.9 Å². The van der Waals surface area contributed by atoms with Crippen LogP contribution in [0.5, 0.6) is 0 Å². The van der Waals surface area contributed by atoms with Gasteiger partial charge in [-0.3, -0.25) is 0 Å². The second kappa shape index (κ2) is 6.13. The molecule has 0 saturated heterocycles. The van der Waals surface area contributed by atoms with Gasteiger partial charge in [0.2, 0.25) is 0 Å². The van der Waals surface area contributed by atoms with Gasteiger partial charge in [0, 0.05) is 19.0 Å². The fraction of sp³-hybridized carbons (Fsp3) is 0.188. The monoisotopic (exact) mass is 362 g/mol. The van der Waals surface area contributed by atoms with Gasteiger partial charge in [-0.25, -0.2) is 4.98 Å². The molecule has 0 atom stereocenters. The minimum Gasteiger partial charge on any atom is -0.390 e. The van der Waals surface area contributed by atoms with Crippen LogP contribution in [0.4, 0.5) is 5.82 Å². The van der Waals surface area contributed by atoms with Crippen LogP contribution >= 0.6 is 27.3 Å².